The van der Waals surface area contributed by atoms with E-state index >= 15 is 0 Å². The van der Waals surface area contributed by atoms with Crippen molar-refractivity contribution in [3.05, 3.63) is 11.3 Å². The Kier molecular flexibility index (Phi) is 1.58. The normalized spacial score (nSPS) is 15.6. The fourth-order valence-electron chi connectivity index (χ4n) is 0.455. The van der Waals surface area contributed by atoms with E-state index in [-0.39, 0.29) is 0 Å². The molecule has 4 nitrogen and oxygen atoms in total. The van der Waals surface area contributed by atoms with Crippen molar-refractivity contribution in [2.75, 3.05) is 0 Å². The molecule has 0 fully saturated rings. The van der Waals surface area contributed by atoms with Crippen molar-refractivity contribution in [2.45, 2.75) is 13.8 Å². The van der Waals surface area contributed by atoms with Crippen LogP contribution in [0.4, 0.5) is 0 Å². The molecule has 0 spiro atoms. The van der Waals surface area contributed by atoms with E-state index in [1.807, 2.05) is 13.8 Å². The first kappa shape index (κ1) is 5.94. The second-order valence-electron chi connectivity index (χ2n) is 1.96. The summed E-state index contributed by atoms with van der Waals surface area (Å²) in [6.45, 7) is 3.96. The van der Waals surface area contributed by atoms with E-state index < -0.39 is 0 Å². The molecule has 1 rings (SSSR count). The Morgan fingerprint density at radius 2 is 2.33 bits per heavy atom. The lowest BCUT2D eigenvalue weighted by molar-refractivity contribution is 0.777. The molecule has 1 heterocycles. The quantitative estimate of drug-likeness (QED) is 0.518. The summed E-state index contributed by atoms with van der Waals surface area (Å²) in [5.41, 5.74) is 4.78. The third-order valence-corrected chi connectivity index (χ3v) is 0.992. The van der Waals surface area contributed by atoms with Gasteiger partial charge in [-0.05, 0) is 29.9 Å². The molecule has 0 atom stereocenters. The van der Waals surface area contributed by atoms with Gasteiger partial charge in [0.2, 0.25) is 0 Å². The molecule has 4 heteroatoms. The average Bonchev–Trinajstić information content (AvgIpc) is 1.90. The van der Waals surface area contributed by atoms with Gasteiger partial charge in [-0.15, -0.1) is 5.10 Å². The smallest absolute Gasteiger partial charge is 0.0768 e. The average molecular weight is 124 g/mol. The molecule has 0 aromatic rings. The van der Waals surface area contributed by atoms with Gasteiger partial charge in [-0.2, -0.15) is 0 Å². The van der Waals surface area contributed by atoms with Crippen LogP contribution in [0, 0.1) is 0 Å². The fourth-order valence-corrected chi connectivity index (χ4v) is 0.455. The van der Waals surface area contributed by atoms with Crippen LogP contribution in [0.3, 0.4) is 0 Å². The summed E-state index contributed by atoms with van der Waals surface area (Å²) >= 11 is 0. The summed E-state index contributed by atoms with van der Waals surface area (Å²) in [6.07, 6.45) is 1.64. The number of nitrogens with one attached hydrogen (secondary N) is 1. The highest BCUT2D eigenvalue weighted by Gasteiger charge is 1.95. The summed E-state index contributed by atoms with van der Waals surface area (Å²) in [5.74, 6) is 0. The van der Waals surface area contributed by atoms with Crippen molar-refractivity contribution in [1.82, 2.24) is 5.43 Å². The van der Waals surface area contributed by atoms with Crippen molar-refractivity contribution >= 4 is 6.21 Å². The number of hydrogen-bond acceptors (Lipinski definition) is 4. The van der Waals surface area contributed by atoms with Gasteiger partial charge in [0.05, 0.1) is 11.9 Å². The Balaban J connectivity index is 2.78. The summed E-state index contributed by atoms with van der Waals surface area (Å²) in [7, 11) is 0. The van der Waals surface area contributed by atoms with Crippen molar-refractivity contribution in [1.29, 1.82) is 0 Å². The van der Waals surface area contributed by atoms with Gasteiger partial charge in [0.15, 0.2) is 0 Å². The molecule has 0 saturated heterocycles. The minimum absolute atomic E-state index is 0.921. The highest BCUT2D eigenvalue weighted by atomic mass is 15.5. The van der Waals surface area contributed by atoms with Gasteiger partial charge in [0.25, 0.3) is 0 Å². The zero-order valence-electron chi connectivity index (χ0n) is 5.42. The zero-order valence-corrected chi connectivity index (χ0v) is 5.42. The summed E-state index contributed by atoms with van der Waals surface area (Å²) in [4.78, 5) is 0. The third-order valence-electron chi connectivity index (χ3n) is 0.992. The van der Waals surface area contributed by atoms with E-state index in [0.29, 0.717) is 0 Å². The fraction of sp³-hybridized carbons (Fsp3) is 0.400. The highest BCUT2D eigenvalue weighted by Crippen LogP contribution is 1.99. The van der Waals surface area contributed by atoms with E-state index in [1.165, 1.54) is 0 Å². The molecule has 0 unspecified atom stereocenters. The van der Waals surface area contributed by atoms with Crippen LogP contribution >= 0.6 is 0 Å². The summed E-state index contributed by atoms with van der Waals surface area (Å²) < 4.78 is 0. The molecule has 0 saturated carbocycles. The van der Waals surface area contributed by atoms with E-state index in [9.17, 15) is 0 Å². The Hall–Kier alpha value is -1.19. The molecular weight excluding hydrogens is 116 g/mol. The molecule has 9 heavy (non-hydrogen) atoms. The van der Waals surface area contributed by atoms with Crippen molar-refractivity contribution in [3.63, 3.8) is 0 Å². The Bertz CT molecular complexity index is 185. The lowest BCUT2D eigenvalue weighted by Gasteiger charge is -2.02. The Morgan fingerprint density at radius 3 is 2.67 bits per heavy atom. The molecule has 0 aromatic carbocycles. The van der Waals surface area contributed by atoms with Crippen molar-refractivity contribution in [2.24, 2.45) is 15.5 Å². The van der Waals surface area contributed by atoms with Crippen molar-refractivity contribution < 1.29 is 0 Å². The lowest BCUT2D eigenvalue weighted by Crippen LogP contribution is -2.09. The monoisotopic (exact) mass is 124 g/mol. The van der Waals surface area contributed by atoms with Gasteiger partial charge in [-0.3, -0.25) is 5.43 Å². The van der Waals surface area contributed by atoms with Gasteiger partial charge in [0.1, 0.15) is 0 Å². The molecule has 1 aliphatic heterocycles. The van der Waals surface area contributed by atoms with Gasteiger partial charge >= 0.3 is 0 Å². The predicted octanol–water partition coefficient (Wildman–Crippen LogP) is 1.24. The van der Waals surface area contributed by atoms with Crippen LogP contribution in [0.5, 0.6) is 0 Å². The van der Waals surface area contributed by atoms with Gasteiger partial charge < -0.3 is 0 Å². The van der Waals surface area contributed by atoms with E-state index in [2.05, 4.69) is 21.0 Å². The predicted molar refractivity (Wildman–Crippen MR) is 34.9 cm³/mol. The van der Waals surface area contributed by atoms with Crippen LogP contribution in [-0.4, -0.2) is 6.21 Å². The maximum Gasteiger partial charge on any atom is 0.0768 e. The lowest BCUT2D eigenvalue weighted by atomic mass is 10.3. The van der Waals surface area contributed by atoms with Gasteiger partial charge in [0, 0.05) is 0 Å². The molecule has 0 aromatic heterocycles. The minimum Gasteiger partial charge on any atom is -0.257 e. The van der Waals surface area contributed by atoms with Crippen LogP contribution in [0.2, 0.25) is 0 Å². The van der Waals surface area contributed by atoms with Crippen molar-refractivity contribution in [3.8, 4) is 0 Å². The zero-order chi connectivity index (χ0) is 6.69. The summed E-state index contributed by atoms with van der Waals surface area (Å²) in [5, 5.41) is 10.5. The first-order valence-electron chi connectivity index (χ1n) is 2.67. The van der Waals surface area contributed by atoms with Crippen LogP contribution in [0.15, 0.2) is 26.8 Å². The Labute approximate surface area is 53.3 Å². The number of rotatable bonds is 0. The van der Waals surface area contributed by atoms with Crippen LogP contribution in [0.1, 0.15) is 13.8 Å². The topological polar surface area (TPSA) is 49.1 Å². The number of hydrogen-bond donors (Lipinski definition) is 1. The molecule has 0 amide bonds. The maximum atomic E-state index is 3.59. The minimum atomic E-state index is 0.921. The highest BCUT2D eigenvalue weighted by molar-refractivity contribution is 5.78. The number of nitrogens with zero attached hydrogens (tertiary/aromatic N) is 3. The Morgan fingerprint density at radius 1 is 1.56 bits per heavy atom. The van der Waals surface area contributed by atoms with Crippen LogP contribution in [-0.2, 0) is 0 Å². The van der Waals surface area contributed by atoms with Gasteiger partial charge in [-0.25, -0.2) is 0 Å². The summed E-state index contributed by atoms with van der Waals surface area (Å²) in [6, 6.07) is 0. The molecule has 0 aliphatic carbocycles. The van der Waals surface area contributed by atoms with Gasteiger partial charge in [-0.1, -0.05) is 0 Å². The first-order chi connectivity index (χ1) is 4.30. The van der Waals surface area contributed by atoms with Crippen LogP contribution < -0.4 is 5.43 Å². The third kappa shape index (κ3) is 1.35. The largest absolute Gasteiger partial charge is 0.257 e. The molecule has 0 bridgehead atoms. The molecule has 1 aliphatic rings. The standard InChI is InChI=1S/C5H8N4/c1-4(2)5-3-6-8-9-7-5/h3H,1-2H3,(H,7,8). The van der Waals surface area contributed by atoms with E-state index in [1.54, 1.807) is 6.21 Å². The van der Waals surface area contributed by atoms with E-state index in [0.717, 1.165) is 11.3 Å². The second-order valence-corrected chi connectivity index (χ2v) is 1.96. The SMILES string of the molecule is CC(C)=C1C=NN=NN1. The van der Waals surface area contributed by atoms with E-state index in [4.69, 9.17) is 0 Å². The molecule has 0 radical (unpaired) electrons. The molecular formula is C5H8N4. The number of allylic oxidation sites excluding steroid dienone is 2. The van der Waals surface area contributed by atoms with Crippen LogP contribution in [0.25, 0.3) is 0 Å². The maximum absolute atomic E-state index is 3.59. The second kappa shape index (κ2) is 2.39. The molecule has 48 valence electrons. The first-order valence-corrected chi connectivity index (χ1v) is 2.67. The molecule has 1 N–H and O–H groups in total.